The Morgan fingerprint density at radius 2 is 1.85 bits per heavy atom. The Morgan fingerprint density at radius 1 is 1.04 bits per heavy atom. The van der Waals surface area contributed by atoms with Gasteiger partial charge in [-0.1, -0.05) is 24.3 Å². The second kappa shape index (κ2) is 6.84. The molecule has 4 rings (SSSR count). The normalized spacial score (nSPS) is 13.8. The fourth-order valence-electron chi connectivity index (χ4n) is 3.04. The Bertz CT molecular complexity index is 949. The summed E-state index contributed by atoms with van der Waals surface area (Å²) >= 11 is 0. The number of rotatable bonds is 4. The van der Waals surface area contributed by atoms with Crippen LogP contribution >= 0.6 is 0 Å². The van der Waals surface area contributed by atoms with Crippen LogP contribution in [0.4, 0.5) is 11.4 Å². The second-order valence-electron chi connectivity index (χ2n) is 6.16. The van der Waals surface area contributed by atoms with Crippen molar-refractivity contribution in [2.45, 2.75) is 12.8 Å². The second-order valence-corrected chi connectivity index (χ2v) is 6.16. The van der Waals surface area contributed by atoms with E-state index in [0.29, 0.717) is 17.7 Å². The van der Waals surface area contributed by atoms with E-state index in [-0.39, 0.29) is 11.8 Å². The van der Waals surface area contributed by atoms with Crippen LogP contribution in [-0.4, -0.2) is 28.1 Å². The van der Waals surface area contributed by atoms with Gasteiger partial charge in [0.2, 0.25) is 5.91 Å². The van der Waals surface area contributed by atoms with Crippen molar-refractivity contribution in [3.63, 3.8) is 0 Å². The Kier molecular flexibility index (Phi) is 4.23. The lowest BCUT2D eigenvalue weighted by Crippen LogP contribution is -2.23. The molecule has 0 bridgehead atoms. The summed E-state index contributed by atoms with van der Waals surface area (Å²) < 4.78 is 1.66. The third-order valence-corrected chi connectivity index (χ3v) is 4.35. The van der Waals surface area contributed by atoms with Crippen molar-refractivity contribution in [3.05, 3.63) is 72.6 Å². The topological polar surface area (TPSA) is 67.2 Å². The first-order valence-electron chi connectivity index (χ1n) is 8.52. The number of nitrogens with zero attached hydrogens (tertiary/aromatic N) is 3. The molecular weight excluding hydrogens is 328 g/mol. The maximum absolute atomic E-state index is 12.5. The number of aromatic nitrogens is 2. The molecule has 0 spiro atoms. The van der Waals surface area contributed by atoms with Gasteiger partial charge in [-0.2, -0.15) is 5.10 Å². The molecule has 2 heterocycles. The molecule has 6 nitrogen and oxygen atoms in total. The van der Waals surface area contributed by atoms with Gasteiger partial charge in [-0.25, -0.2) is 4.68 Å². The van der Waals surface area contributed by atoms with E-state index in [9.17, 15) is 9.59 Å². The van der Waals surface area contributed by atoms with Crippen molar-refractivity contribution in [2.75, 3.05) is 16.8 Å². The van der Waals surface area contributed by atoms with Gasteiger partial charge in [0.1, 0.15) is 0 Å². The van der Waals surface area contributed by atoms with E-state index in [1.54, 1.807) is 15.8 Å². The van der Waals surface area contributed by atoms with Gasteiger partial charge in [0.15, 0.2) is 0 Å². The Balaban J connectivity index is 1.50. The van der Waals surface area contributed by atoms with Crippen molar-refractivity contribution >= 4 is 23.2 Å². The van der Waals surface area contributed by atoms with Crippen LogP contribution in [0, 0.1) is 0 Å². The van der Waals surface area contributed by atoms with Gasteiger partial charge in [0.25, 0.3) is 5.91 Å². The van der Waals surface area contributed by atoms with Gasteiger partial charge in [-0.15, -0.1) is 0 Å². The molecule has 3 aromatic rings. The predicted octanol–water partition coefficient (Wildman–Crippen LogP) is 3.25. The largest absolute Gasteiger partial charge is 0.322 e. The molecular formula is C20H18N4O2. The lowest BCUT2D eigenvalue weighted by molar-refractivity contribution is -0.117. The predicted molar refractivity (Wildman–Crippen MR) is 99.5 cm³/mol. The summed E-state index contributed by atoms with van der Waals surface area (Å²) in [6.07, 6.45) is 4.68. The van der Waals surface area contributed by atoms with Crippen LogP contribution in [0.3, 0.4) is 0 Å². The first kappa shape index (κ1) is 16.1. The van der Waals surface area contributed by atoms with Gasteiger partial charge in [-0.05, 0) is 36.8 Å². The van der Waals surface area contributed by atoms with Crippen LogP contribution in [0.1, 0.15) is 23.2 Å². The molecule has 1 aliphatic rings. The number of hydrogen-bond acceptors (Lipinski definition) is 3. The number of para-hydroxylation sites is 1. The summed E-state index contributed by atoms with van der Waals surface area (Å²) in [7, 11) is 0. The third-order valence-electron chi connectivity index (χ3n) is 4.35. The SMILES string of the molecule is O=C(Nc1cccc(N2CCCC2=O)c1)c1cnn(-c2ccccc2)c1. The van der Waals surface area contributed by atoms with Crippen LogP contribution in [0.5, 0.6) is 0 Å². The van der Waals surface area contributed by atoms with Gasteiger partial charge in [0.05, 0.1) is 17.4 Å². The van der Waals surface area contributed by atoms with Gasteiger partial charge >= 0.3 is 0 Å². The smallest absolute Gasteiger partial charge is 0.258 e. The highest BCUT2D eigenvalue weighted by molar-refractivity contribution is 6.04. The van der Waals surface area contributed by atoms with Crippen molar-refractivity contribution in [1.82, 2.24) is 9.78 Å². The van der Waals surface area contributed by atoms with E-state index in [1.807, 2.05) is 54.6 Å². The minimum absolute atomic E-state index is 0.123. The average Bonchev–Trinajstić information content (AvgIpc) is 3.32. The lowest BCUT2D eigenvalue weighted by atomic mass is 10.2. The van der Waals surface area contributed by atoms with Crippen LogP contribution in [0.2, 0.25) is 0 Å². The molecule has 0 unspecified atom stereocenters. The molecule has 1 N–H and O–H groups in total. The molecule has 2 aromatic carbocycles. The van der Waals surface area contributed by atoms with E-state index < -0.39 is 0 Å². The van der Waals surface area contributed by atoms with Crippen molar-refractivity contribution in [2.24, 2.45) is 0 Å². The zero-order valence-electron chi connectivity index (χ0n) is 14.1. The van der Waals surface area contributed by atoms with Crippen LogP contribution in [-0.2, 0) is 4.79 Å². The molecule has 0 radical (unpaired) electrons. The molecule has 1 saturated heterocycles. The molecule has 0 saturated carbocycles. The monoisotopic (exact) mass is 346 g/mol. The van der Waals surface area contributed by atoms with Crippen LogP contribution in [0.25, 0.3) is 5.69 Å². The Hall–Kier alpha value is -3.41. The van der Waals surface area contributed by atoms with E-state index in [1.165, 1.54) is 6.20 Å². The quantitative estimate of drug-likeness (QED) is 0.788. The molecule has 6 heteroatoms. The van der Waals surface area contributed by atoms with Crippen LogP contribution < -0.4 is 10.2 Å². The fourth-order valence-corrected chi connectivity index (χ4v) is 3.04. The highest BCUT2D eigenvalue weighted by atomic mass is 16.2. The Morgan fingerprint density at radius 3 is 2.62 bits per heavy atom. The maximum Gasteiger partial charge on any atom is 0.258 e. The number of carbonyl (C=O) groups excluding carboxylic acids is 2. The van der Waals surface area contributed by atoms with Gasteiger partial charge in [-0.3, -0.25) is 9.59 Å². The molecule has 2 amide bonds. The molecule has 0 atom stereocenters. The fraction of sp³-hybridized carbons (Fsp3) is 0.150. The maximum atomic E-state index is 12.5. The standard InChI is InChI=1S/C20H18N4O2/c25-19-10-5-11-23(19)18-9-4-6-16(12-18)22-20(26)15-13-21-24(14-15)17-7-2-1-3-8-17/h1-4,6-9,12-14H,5,10-11H2,(H,22,26). The van der Waals surface area contributed by atoms with E-state index in [2.05, 4.69) is 10.4 Å². The van der Waals surface area contributed by atoms with Crippen molar-refractivity contribution in [3.8, 4) is 5.69 Å². The number of carbonyl (C=O) groups is 2. The first-order valence-corrected chi connectivity index (χ1v) is 8.52. The zero-order valence-corrected chi connectivity index (χ0v) is 14.1. The highest BCUT2D eigenvalue weighted by Gasteiger charge is 2.21. The highest BCUT2D eigenvalue weighted by Crippen LogP contribution is 2.24. The molecule has 130 valence electrons. The summed E-state index contributed by atoms with van der Waals surface area (Å²) in [6, 6.07) is 17.0. The van der Waals surface area contributed by atoms with Crippen LogP contribution in [0.15, 0.2) is 67.0 Å². The minimum atomic E-state index is -0.239. The molecule has 1 aliphatic heterocycles. The summed E-state index contributed by atoms with van der Waals surface area (Å²) in [5, 5.41) is 7.11. The molecule has 26 heavy (non-hydrogen) atoms. The Labute approximate surface area is 151 Å². The van der Waals surface area contributed by atoms with E-state index in [0.717, 1.165) is 24.3 Å². The summed E-state index contributed by atoms with van der Waals surface area (Å²) in [5.74, 6) is -0.116. The summed E-state index contributed by atoms with van der Waals surface area (Å²) in [4.78, 5) is 26.2. The van der Waals surface area contributed by atoms with E-state index in [4.69, 9.17) is 0 Å². The third kappa shape index (κ3) is 3.21. The molecule has 0 aliphatic carbocycles. The van der Waals surface area contributed by atoms with Crippen molar-refractivity contribution in [1.29, 1.82) is 0 Å². The van der Waals surface area contributed by atoms with Gasteiger partial charge in [0, 0.05) is 30.5 Å². The van der Waals surface area contributed by atoms with Crippen molar-refractivity contribution < 1.29 is 9.59 Å². The summed E-state index contributed by atoms with van der Waals surface area (Å²) in [6.45, 7) is 0.722. The van der Waals surface area contributed by atoms with Gasteiger partial charge < -0.3 is 10.2 Å². The number of nitrogens with one attached hydrogen (secondary N) is 1. The molecule has 1 aromatic heterocycles. The van der Waals surface area contributed by atoms with E-state index >= 15 is 0 Å². The number of hydrogen-bond donors (Lipinski definition) is 1. The lowest BCUT2D eigenvalue weighted by Gasteiger charge is -2.16. The first-order chi connectivity index (χ1) is 12.7. The number of benzene rings is 2. The summed E-state index contributed by atoms with van der Waals surface area (Å²) in [5.41, 5.74) is 2.82. The average molecular weight is 346 g/mol. The molecule has 1 fully saturated rings. The minimum Gasteiger partial charge on any atom is -0.322 e. The number of amides is 2. The number of anilines is 2. The zero-order chi connectivity index (χ0) is 17.9.